The highest BCUT2D eigenvalue weighted by molar-refractivity contribution is 6.03. The largest absolute Gasteiger partial charge is 0.305 e. The van der Waals surface area contributed by atoms with Crippen LogP contribution in [0.3, 0.4) is 0 Å². The van der Waals surface area contributed by atoms with Gasteiger partial charge in [0.2, 0.25) is 0 Å². The molecule has 2 heterocycles. The molecule has 2 aromatic rings. The number of rotatable bonds is 3. The highest BCUT2D eigenvalue weighted by Crippen LogP contribution is 2.41. The van der Waals surface area contributed by atoms with Gasteiger partial charge in [0.15, 0.2) is 5.82 Å². The smallest absolute Gasteiger partial charge is 0.258 e. The fourth-order valence-electron chi connectivity index (χ4n) is 1.98. The van der Waals surface area contributed by atoms with Gasteiger partial charge in [0.05, 0.1) is 5.56 Å². The van der Waals surface area contributed by atoms with E-state index in [-0.39, 0.29) is 5.91 Å². The number of hydrogen-bond donors (Lipinski definition) is 2. The van der Waals surface area contributed by atoms with Crippen molar-refractivity contribution in [1.82, 2.24) is 15.2 Å². The van der Waals surface area contributed by atoms with Gasteiger partial charge in [-0.25, -0.2) is 0 Å². The summed E-state index contributed by atoms with van der Waals surface area (Å²) in [5.74, 6) is 1.03. The molecule has 3 rings (SSSR count). The van der Waals surface area contributed by atoms with E-state index in [1.165, 1.54) is 12.8 Å². The third-order valence-corrected chi connectivity index (χ3v) is 3.19. The second kappa shape index (κ2) is 4.25. The van der Waals surface area contributed by atoms with Crippen molar-refractivity contribution in [3.05, 3.63) is 41.3 Å². The summed E-state index contributed by atoms with van der Waals surface area (Å²) >= 11 is 0. The van der Waals surface area contributed by atoms with Crippen LogP contribution in [0.1, 0.15) is 40.4 Å². The fourth-order valence-corrected chi connectivity index (χ4v) is 1.98. The molecule has 5 nitrogen and oxygen atoms in total. The van der Waals surface area contributed by atoms with Crippen LogP contribution in [-0.4, -0.2) is 21.1 Å². The minimum atomic E-state index is -0.181. The highest BCUT2D eigenvalue weighted by Gasteiger charge is 2.28. The molecular formula is C13H14N4O. The summed E-state index contributed by atoms with van der Waals surface area (Å²) in [4.78, 5) is 15.9. The zero-order valence-corrected chi connectivity index (χ0v) is 10.1. The summed E-state index contributed by atoms with van der Waals surface area (Å²) in [6, 6.07) is 3.47. The summed E-state index contributed by atoms with van der Waals surface area (Å²) in [6.45, 7) is 1.98. The fraction of sp³-hybridized carbons (Fsp3) is 0.308. The first-order valence-corrected chi connectivity index (χ1v) is 6.02. The maximum absolute atomic E-state index is 12.0. The average molecular weight is 242 g/mol. The lowest BCUT2D eigenvalue weighted by Crippen LogP contribution is -2.13. The molecule has 2 N–H and O–H groups in total. The molecule has 1 amide bonds. The third-order valence-electron chi connectivity index (χ3n) is 3.19. The lowest BCUT2D eigenvalue weighted by atomic mass is 10.2. The van der Waals surface area contributed by atoms with Crippen molar-refractivity contribution in [3.63, 3.8) is 0 Å². The van der Waals surface area contributed by atoms with Crippen molar-refractivity contribution in [2.45, 2.75) is 25.7 Å². The average Bonchev–Trinajstić information content (AvgIpc) is 3.17. The van der Waals surface area contributed by atoms with Gasteiger partial charge in [0.25, 0.3) is 5.91 Å². The van der Waals surface area contributed by atoms with E-state index in [4.69, 9.17) is 0 Å². The molecule has 1 saturated carbocycles. The zero-order valence-electron chi connectivity index (χ0n) is 10.1. The van der Waals surface area contributed by atoms with Crippen LogP contribution >= 0.6 is 0 Å². The second-order valence-electron chi connectivity index (χ2n) is 4.58. The number of hydrogen-bond acceptors (Lipinski definition) is 3. The molecule has 2 aromatic heterocycles. The van der Waals surface area contributed by atoms with Crippen LogP contribution in [0.4, 0.5) is 5.82 Å². The number of pyridine rings is 1. The minimum Gasteiger partial charge on any atom is -0.305 e. The molecule has 0 atom stereocenters. The maximum atomic E-state index is 12.0. The van der Waals surface area contributed by atoms with Crippen LogP contribution in [-0.2, 0) is 0 Å². The molecule has 0 bridgehead atoms. The number of aromatic amines is 1. The summed E-state index contributed by atoms with van der Waals surface area (Å²) in [6.07, 6.45) is 5.60. The Labute approximate surface area is 105 Å². The molecule has 0 spiro atoms. The topological polar surface area (TPSA) is 70.7 Å². The number of nitrogens with zero attached hydrogens (tertiary/aromatic N) is 2. The lowest BCUT2D eigenvalue weighted by Gasteiger charge is -2.02. The molecule has 18 heavy (non-hydrogen) atoms. The Kier molecular flexibility index (Phi) is 2.59. The number of carbonyl (C=O) groups is 1. The first-order valence-electron chi connectivity index (χ1n) is 6.02. The normalized spacial score (nSPS) is 14.5. The van der Waals surface area contributed by atoms with E-state index in [1.54, 1.807) is 24.5 Å². The third kappa shape index (κ3) is 1.99. The van der Waals surface area contributed by atoms with Crippen molar-refractivity contribution in [1.29, 1.82) is 0 Å². The Morgan fingerprint density at radius 1 is 1.50 bits per heavy atom. The van der Waals surface area contributed by atoms with Crippen LogP contribution < -0.4 is 5.32 Å². The van der Waals surface area contributed by atoms with Gasteiger partial charge in [-0.2, -0.15) is 5.10 Å². The number of carbonyl (C=O) groups excluding carboxylic acids is 1. The number of H-pyrrole nitrogens is 1. The Morgan fingerprint density at radius 3 is 3.00 bits per heavy atom. The Balaban J connectivity index is 1.78. The van der Waals surface area contributed by atoms with E-state index in [1.807, 2.05) is 6.92 Å². The van der Waals surface area contributed by atoms with E-state index >= 15 is 0 Å². The number of nitrogens with one attached hydrogen (secondary N) is 2. The van der Waals surface area contributed by atoms with E-state index in [2.05, 4.69) is 20.5 Å². The van der Waals surface area contributed by atoms with Gasteiger partial charge in [-0.3, -0.25) is 14.9 Å². The molecule has 5 heteroatoms. The predicted octanol–water partition coefficient (Wildman–Crippen LogP) is 2.24. The van der Waals surface area contributed by atoms with Gasteiger partial charge in [0, 0.05) is 29.6 Å². The molecule has 0 aromatic carbocycles. The summed E-state index contributed by atoms with van der Waals surface area (Å²) in [5, 5.41) is 9.99. The Hall–Kier alpha value is -2.17. The number of aromatic nitrogens is 3. The summed E-state index contributed by atoms with van der Waals surface area (Å²) in [5.41, 5.74) is 2.72. The molecule has 1 aliphatic carbocycles. The molecule has 1 fully saturated rings. The SMILES string of the molecule is Cc1c(NC(=O)c2cccnc2)n[nH]c1C1CC1. The van der Waals surface area contributed by atoms with E-state index in [9.17, 15) is 4.79 Å². The van der Waals surface area contributed by atoms with Gasteiger partial charge in [-0.15, -0.1) is 0 Å². The van der Waals surface area contributed by atoms with Gasteiger partial charge in [-0.1, -0.05) is 0 Å². The van der Waals surface area contributed by atoms with Crippen LogP contribution in [0.25, 0.3) is 0 Å². The van der Waals surface area contributed by atoms with Crippen molar-refractivity contribution < 1.29 is 4.79 Å². The first kappa shape index (κ1) is 11.0. The molecule has 1 aliphatic rings. The zero-order chi connectivity index (χ0) is 12.5. The minimum absolute atomic E-state index is 0.181. The molecular weight excluding hydrogens is 228 g/mol. The first-order chi connectivity index (χ1) is 8.75. The van der Waals surface area contributed by atoms with Crippen LogP contribution in [0, 0.1) is 6.92 Å². The van der Waals surface area contributed by atoms with E-state index in [0.717, 1.165) is 11.3 Å². The molecule has 0 saturated heterocycles. The Bertz CT molecular complexity index is 572. The quantitative estimate of drug-likeness (QED) is 0.867. The van der Waals surface area contributed by atoms with Crippen molar-refractivity contribution in [3.8, 4) is 0 Å². The van der Waals surface area contributed by atoms with Gasteiger partial charge in [-0.05, 0) is 31.9 Å². The number of amides is 1. The molecule has 0 aliphatic heterocycles. The standard InChI is InChI=1S/C13H14N4O/c1-8-11(9-4-5-9)16-17-12(8)15-13(18)10-3-2-6-14-7-10/h2-3,6-7,9H,4-5H2,1H3,(H2,15,16,17,18). The monoisotopic (exact) mass is 242 g/mol. The van der Waals surface area contributed by atoms with Crippen LogP contribution in [0.15, 0.2) is 24.5 Å². The Morgan fingerprint density at radius 2 is 2.33 bits per heavy atom. The lowest BCUT2D eigenvalue weighted by molar-refractivity contribution is 0.102. The van der Waals surface area contributed by atoms with E-state index in [0.29, 0.717) is 17.3 Å². The van der Waals surface area contributed by atoms with Crippen molar-refractivity contribution in [2.75, 3.05) is 5.32 Å². The molecule has 92 valence electrons. The number of anilines is 1. The molecule has 0 radical (unpaired) electrons. The van der Waals surface area contributed by atoms with Crippen LogP contribution in [0.2, 0.25) is 0 Å². The summed E-state index contributed by atoms with van der Waals surface area (Å²) < 4.78 is 0. The highest BCUT2D eigenvalue weighted by atomic mass is 16.1. The van der Waals surface area contributed by atoms with E-state index < -0.39 is 0 Å². The summed E-state index contributed by atoms with van der Waals surface area (Å²) in [7, 11) is 0. The van der Waals surface area contributed by atoms with Crippen LogP contribution in [0.5, 0.6) is 0 Å². The van der Waals surface area contributed by atoms with Crippen molar-refractivity contribution >= 4 is 11.7 Å². The van der Waals surface area contributed by atoms with Gasteiger partial charge in [0.1, 0.15) is 0 Å². The second-order valence-corrected chi connectivity index (χ2v) is 4.58. The molecule has 0 unspecified atom stereocenters. The van der Waals surface area contributed by atoms with Gasteiger partial charge < -0.3 is 5.32 Å². The van der Waals surface area contributed by atoms with Crippen molar-refractivity contribution in [2.24, 2.45) is 0 Å². The predicted molar refractivity (Wildman–Crippen MR) is 67.5 cm³/mol. The maximum Gasteiger partial charge on any atom is 0.258 e. The van der Waals surface area contributed by atoms with Gasteiger partial charge >= 0.3 is 0 Å².